The predicted molar refractivity (Wildman–Crippen MR) is 127 cm³/mol. The van der Waals surface area contributed by atoms with Crippen molar-refractivity contribution in [3.63, 3.8) is 0 Å². The number of rotatable bonds is 4. The fourth-order valence-electron chi connectivity index (χ4n) is 2.72. The Labute approximate surface area is 201 Å². The van der Waals surface area contributed by atoms with Gasteiger partial charge in [0.1, 0.15) is 4.90 Å². The summed E-state index contributed by atoms with van der Waals surface area (Å²) in [6.07, 6.45) is 0. The van der Waals surface area contributed by atoms with Gasteiger partial charge in [-0.1, -0.05) is 37.6 Å². The minimum absolute atomic E-state index is 0. The van der Waals surface area contributed by atoms with Crippen molar-refractivity contribution in [2.24, 2.45) is 0 Å². The highest BCUT2D eigenvalue weighted by molar-refractivity contribution is 7.90. The zero-order chi connectivity index (χ0) is 22.3. The van der Waals surface area contributed by atoms with Crippen molar-refractivity contribution in [2.45, 2.75) is 29.0 Å². The molecule has 11 heteroatoms. The van der Waals surface area contributed by atoms with Crippen LogP contribution in [0, 0.1) is 11.3 Å². The Bertz CT molecular complexity index is 1050. The molecule has 0 bridgehead atoms. The van der Waals surface area contributed by atoms with Gasteiger partial charge in [-0.05, 0) is 36.4 Å². The van der Waals surface area contributed by atoms with Gasteiger partial charge in [-0.25, -0.2) is 12.6 Å². The van der Waals surface area contributed by atoms with Gasteiger partial charge < -0.3 is 5.32 Å². The molecule has 0 radical (unpaired) electrons. The van der Waals surface area contributed by atoms with E-state index in [0.717, 1.165) is 5.88 Å². The Hall–Kier alpha value is -1.18. The van der Waals surface area contributed by atoms with Crippen LogP contribution in [0.4, 0.5) is 0 Å². The zero-order valence-corrected chi connectivity index (χ0v) is 20.0. The summed E-state index contributed by atoms with van der Waals surface area (Å²) in [6, 6.07) is 10.5. The van der Waals surface area contributed by atoms with Crippen molar-refractivity contribution in [3.8, 4) is 6.07 Å². The van der Waals surface area contributed by atoms with E-state index in [4.69, 9.17) is 34.8 Å². The van der Waals surface area contributed by atoms with Crippen LogP contribution < -0.4 is 5.32 Å². The summed E-state index contributed by atoms with van der Waals surface area (Å²) >= 11 is 17.0. The maximum atomic E-state index is 13.1. The Morgan fingerprint density at radius 1 is 1.13 bits per heavy atom. The number of alkyl halides is 1. The molecule has 1 atom stereocenters. The molecule has 0 saturated carbocycles. The predicted octanol–water partition coefficient (Wildman–Crippen LogP) is 4.51. The maximum Gasteiger partial charge on any atom is 0.244 e. The molecular formula is C20H24Cl3N3O3S2. The number of halogens is 3. The van der Waals surface area contributed by atoms with Crippen LogP contribution >= 0.6 is 34.8 Å². The van der Waals surface area contributed by atoms with Crippen LogP contribution in [0.15, 0.2) is 51.1 Å². The molecule has 2 aromatic rings. The smallest absolute Gasteiger partial charge is 0.244 e. The van der Waals surface area contributed by atoms with Crippen LogP contribution in [0.3, 0.4) is 0 Å². The monoisotopic (exact) mass is 523 g/mol. The lowest BCUT2D eigenvalue weighted by Crippen LogP contribution is -2.46. The van der Waals surface area contributed by atoms with Crippen molar-refractivity contribution in [2.75, 3.05) is 32.1 Å². The van der Waals surface area contributed by atoms with Crippen molar-refractivity contribution in [3.05, 3.63) is 52.0 Å². The van der Waals surface area contributed by atoms with Gasteiger partial charge in [0.05, 0.1) is 27.3 Å². The molecule has 1 saturated heterocycles. The molecule has 0 aliphatic carbocycles. The first-order chi connectivity index (χ1) is 14.2. The molecule has 3 rings (SSSR count). The first kappa shape index (κ1) is 27.9. The Kier molecular flexibility index (Phi) is 11.5. The molecule has 0 aromatic heterocycles. The highest BCUT2D eigenvalue weighted by atomic mass is 35.5. The van der Waals surface area contributed by atoms with Crippen LogP contribution in [0.1, 0.15) is 19.9 Å². The average Bonchev–Trinajstić information content (AvgIpc) is 2.73. The lowest BCUT2D eigenvalue weighted by molar-refractivity contribution is 0.359. The van der Waals surface area contributed by atoms with Crippen molar-refractivity contribution < 1.29 is 12.6 Å². The topological polar surface area (TPSA) is 90.3 Å². The van der Waals surface area contributed by atoms with Gasteiger partial charge in [0.2, 0.25) is 10.0 Å². The third-order valence-corrected chi connectivity index (χ3v) is 7.94. The fraction of sp³-hybridized carbons (Fsp3) is 0.350. The molecule has 0 spiro atoms. The van der Waals surface area contributed by atoms with Gasteiger partial charge in [0.15, 0.2) is 0 Å². The number of nitriles is 1. The number of hydrogen-bond donors (Lipinski definition) is 1. The number of benzene rings is 2. The van der Waals surface area contributed by atoms with Crippen molar-refractivity contribution in [1.82, 2.24) is 9.62 Å². The number of nitrogens with zero attached hydrogens (tertiary/aromatic N) is 2. The molecule has 6 nitrogen and oxygen atoms in total. The van der Waals surface area contributed by atoms with Gasteiger partial charge in [0.25, 0.3) is 0 Å². The lowest BCUT2D eigenvalue weighted by atomic mass is 10.2. The number of nitrogens with one attached hydrogen (secondary N) is 1. The van der Waals surface area contributed by atoms with E-state index < -0.39 is 20.8 Å². The summed E-state index contributed by atoms with van der Waals surface area (Å²) in [5.74, 6) is 0.722. The molecule has 31 heavy (non-hydrogen) atoms. The van der Waals surface area contributed by atoms with E-state index in [1.165, 1.54) is 40.7 Å². The molecule has 1 heterocycles. The second-order valence-electron chi connectivity index (χ2n) is 6.07. The second kappa shape index (κ2) is 12.8. The van der Waals surface area contributed by atoms with E-state index >= 15 is 0 Å². The molecule has 1 aliphatic rings. The van der Waals surface area contributed by atoms with Gasteiger partial charge in [-0.3, -0.25) is 0 Å². The molecule has 2 aromatic carbocycles. The van der Waals surface area contributed by atoms with E-state index in [2.05, 4.69) is 5.32 Å². The average molecular weight is 525 g/mol. The minimum Gasteiger partial charge on any atom is -0.314 e. The highest BCUT2D eigenvalue weighted by Crippen LogP contribution is 2.30. The van der Waals surface area contributed by atoms with Gasteiger partial charge in [-0.15, -0.1) is 11.6 Å². The van der Waals surface area contributed by atoms with Crippen LogP contribution in [-0.4, -0.2) is 49.0 Å². The van der Waals surface area contributed by atoms with Crippen molar-refractivity contribution in [1.29, 1.82) is 5.26 Å². The number of piperazine rings is 1. The van der Waals surface area contributed by atoms with E-state index in [1.54, 1.807) is 0 Å². The van der Waals surface area contributed by atoms with E-state index in [0.29, 0.717) is 36.2 Å². The molecule has 1 N–H and O–H groups in total. The van der Waals surface area contributed by atoms with Crippen LogP contribution in [0.2, 0.25) is 10.0 Å². The van der Waals surface area contributed by atoms with Gasteiger partial charge in [0, 0.05) is 47.0 Å². The molecule has 170 valence electrons. The van der Waals surface area contributed by atoms with Crippen LogP contribution in [0.25, 0.3) is 0 Å². The van der Waals surface area contributed by atoms with E-state index in [1.807, 2.05) is 13.0 Å². The normalized spacial score (nSPS) is 15.1. The van der Waals surface area contributed by atoms with Crippen LogP contribution in [0.5, 0.6) is 0 Å². The molecule has 1 unspecified atom stereocenters. The molecule has 1 fully saturated rings. The summed E-state index contributed by atoms with van der Waals surface area (Å²) < 4.78 is 40.7. The first-order valence-electron chi connectivity index (χ1n) is 8.93. The molecule has 0 amide bonds. The third kappa shape index (κ3) is 7.16. The third-order valence-electron chi connectivity index (χ3n) is 4.02. The Morgan fingerprint density at radius 3 is 2.19 bits per heavy atom. The maximum absolute atomic E-state index is 13.1. The summed E-state index contributed by atoms with van der Waals surface area (Å²) in [5.41, 5.74) is 0.175. The SMILES string of the molecule is C.CCCl.N#Cc1ccc(S(=O)c2cc(Cl)cc(Cl)c2)c(S(=O)(=O)N2CCNCC2)c1. The van der Waals surface area contributed by atoms with E-state index in [-0.39, 0.29) is 27.7 Å². The van der Waals surface area contributed by atoms with Gasteiger partial charge in [-0.2, -0.15) is 9.57 Å². The largest absolute Gasteiger partial charge is 0.314 e. The number of sulfonamides is 1. The highest BCUT2D eigenvalue weighted by Gasteiger charge is 2.30. The van der Waals surface area contributed by atoms with Crippen LogP contribution in [-0.2, 0) is 20.8 Å². The Balaban J connectivity index is 0.00000113. The quantitative estimate of drug-likeness (QED) is 0.595. The summed E-state index contributed by atoms with van der Waals surface area (Å²) in [4.78, 5) is 0.234. The summed E-state index contributed by atoms with van der Waals surface area (Å²) in [6.45, 7) is 3.54. The minimum atomic E-state index is -3.92. The standard InChI is InChI=1S/C17H15Cl2N3O3S2.C2H5Cl.CH4/c18-13-8-14(19)10-15(9-13)26(23)16-2-1-12(11-20)7-17(16)27(24,25)22-5-3-21-4-6-22;1-2-3;/h1-2,7-10,21H,3-6H2;2H2,1H3;1H4. The zero-order valence-electron chi connectivity index (χ0n) is 16.1. The van der Waals surface area contributed by atoms with E-state index in [9.17, 15) is 17.9 Å². The molecule has 1 aliphatic heterocycles. The van der Waals surface area contributed by atoms with Gasteiger partial charge >= 0.3 is 0 Å². The summed E-state index contributed by atoms with van der Waals surface area (Å²) in [7, 11) is -5.76. The fourth-order valence-corrected chi connectivity index (χ4v) is 6.61. The Morgan fingerprint density at radius 2 is 1.68 bits per heavy atom. The second-order valence-corrected chi connectivity index (χ2v) is 10.8. The van der Waals surface area contributed by atoms with Crippen molar-refractivity contribution >= 4 is 55.6 Å². The lowest BCUT2D eigenvalue weighted by Gasteiger charge is -2.27. The number of hydrogen-bond acceptors (Lipinski definition) is 5. The molecular weight excluding hydrogens is 501 g/mol. The summed E-state index contributed by atoms with van der Waals surface area (Å²) in [5, 5.41) is 12.9. The first-order valence-corrected chi connectivity index (χ1v) is 12.8.